The second-order valence-electron chi connectivity index (χ2n) is 6.66. The van der Waals surface area contributed by atoms with Gasteiger partial charge >= 0.3 is 11.8 Å². The van der Waals surface area contributed by atoms with Crippen molar-refractivity contribution in [1.29, 1.82) is 0 Å². The zero-order chi connectivity index (χ0) is 19.4. The Bertz CT molecular complexity index is 853. The molecule has 0 bridgehead atoms. The largest absolute Gasteiger partial charge is 0.437 e. The van der Waals surface area contributed by atoms with Crippen LogP contribution in [-0.2, 0) is 9.59 Å². The average Bonchev–Trinajstić information content (AvgIpc) is 2.66. The van der Waals surface area contributed by atoms with Crippen molar-refractivity contribution in [3.8, 4) is 11.6 Å². The lowest BCUT2D eigenvalue weighted by Crippen LogP contribution is -2.46. The third kappa shape index (κ3) is 4.43. The number of piperidine rings is 1. The van der Waals surface area contributed by atoms with Crippen molar-refractivity contribution in [2.75, 3.05) is 18.4 Å². The third-order valence-electron chi connectivity index (χ3n) is 4.66. The predicted octanol–water partition coefficient (Wildman–Crippen LogP) is 2.41. The van der Waals surface area contributed by atoms with E-state index in [4.69, 9.17) is 4.74 Å². The number of hydrogen-bond donors (Lipinski definition) is 2. The second-order valence-corrected chi connectivity index (χ2v) is 6.66. The van der Waals surface area contributed by atoms with Gasteiger partial charge in [-0.1, -0.05) is 12.1 Å². The standard InChI is InChI=1S/C20H23N3O4/c1-13-6-3-9-17(14(13)2)27-19-16(8-4-10-21-19)22-18(25)20(26)23-11-5-7-15(24)12-23/h3-4,6,8-10,15,24H,5,7,11-12H2,1-2H3,(H,22,25). The molecular formula is C20H23N3O4. The summed E-state index contributed by atoms with van der Waals surface area (Å²) in [6.45, 7) is 4.55. The highest BCUT2D eigenvalue weighted by molar-refractivity contribution is 6.39. The first-order chi connectivity index (χ1) is 13.0. The third-order valence-corrected chi connectivity index (χ3v) is 4.66. The van der Waals surface area contributed by atoms with Crippen LogP contribution in [0.15, 0.2) is 36.5 Å². The second kappa shape index (κ2) is 8.18. The van der Waals surface area contributed by atoms with Crippen LogP contribution in [0.3, 0.4) is 0 Å². The topological polar surface area (TPSA) is 91.8 Å². The number of anilines is 1. The van der Waals surface area contributed by atoms with Crippen molar-refractivity contribution in [2.24, 2.45) is 0 Å². The molecule has 1 aliphatic heterocycles. The Balaban J connectivity index is 1.75. The lowest BCUT2D eigenvalue weighted by Gasteiger charge is -2.29. The number of aliphatic hydroxyl groups excluding tert-OH is 1. The Morgan fingerprint density at radius 3 is 2.85 bits per heavy atom. The van der Waals surface area contributed by atoms with Gasteiger partial charge in [0.25, 0.3) is 0 Å². The number of aromatic nitrogens is 1. The maximum Gasteiger partial charge on any atom is 0.314 e. The minimum Gasteiger partial charge on any atom is -0.437 e. The zero-order valence-electron chi connectivity index (χ0n) is 15.4. The number of benzene rings is 1. The molecule has 0 spiro atoms. The van der Waals surface area contributed by atoms with E-state index >= 15 is 0 Å². The number of carbonyl (C=O) groups is 2. The normalized spacial score (nSPS) is 16.7. The molecule has 142 valence electrons. The van der Waals surface area contributed by atoms with Gasteiger partial charge < -0.3 is 20.1 Å². The number of nitrogens with one attached hydrogen (secondary N) is 1. The van der Waals surface area contributed by atoms with Gasteiger partial charge in [-0.2, -0.15) is 0 Å². The van der Waals surface area contributed by atoms with E-state index < -0.39 is 17.9 Å². The van der Waals surface area contributed by atoms with Crippen LogP contribution in [-0.4, -0.2) is 46.0 Å². The van der Waals surface area contributed by atoms with E-state index in [9.17, 15) is 14.7 Å². The Morgan fingerprint density at radius 1 is 1.26 bits per heavy atom. The van der Waals surface area contributed by atoms with Crippen LogP contribution >= 0.6 is 0 Å². The summed E-state index contributed by atoms with van der Waals surface area (Å²) in [5, 5.41) is 12.3. The molecule has 0 saturated carbocycles. The van der Waals surface area contributed by atoms with E-state index in [-0.39, 0.29) is 12.4 Å². The number of nitrogens with zero attached hydrogens (tertiary/aromatic N) is 2. The average molecular weight is 369 g/mol. The Kier molecular flexibility index (Phi) is 5.71. The van der Waals surface area contributed by atoms with Crippen molar-refractivity contribution in [3.63, 3.8) is 0 Å². The van der Waals surface area contributed by atoms with Gasteiger partial charge in [0.1, 0.15) is 11.4 Å². The van der Waals surface area contributed by atoms with E-state index in [2.05, 4.69) is 10.3 Å². The van der Waals surface area contributed by atoms with Crippen molar-refractivity contribution in [2.45, 2.75) is 32.8 Å². The number of β-amino-alcohol motifs (C(OH)–C–C–N with tert-alkyl or cyclic N) is 1. The summed E-state index contributed by atoms with van der Waals surface area (Å²) in [5.74, 6) is -0.598. The number of carbonyl (C=O) groups excluding carboxylic acids is 2. The van der Waals surface area contributed by atoms with Crippen molar-refractivity contribution in [3.05, 3.63) is 47.7 Å². The van der Waals surface area contributed by atoms with Gasteiger partial charge in [0.15, 0.2) is 0 Å². The first kappa shape index (κ1) is 18.8. The van der Waals surface area contributed by atoms with Crippen LogP contribution in [0.4, 0.5) is 5.69 Å². The quantitative estimate of drug-likeness (QED) is 0.811. The fourth-order valence-corrected chi connectivity index (χ4v) is 2.96. The van der Waals surface area contributed by atoms with Crippen LogP contribution in [0.2, 0.25) is 0 Å². The number of likely N-dealkylation sites (tertiary alicyclic amines) is 1. The van der Waals surface area contributed by atoms with Crippen LogP contribution in [0.25, 0.3) is 0 Å². The van der Waals surface area contributed by atoms with Crippen molar-refractivity contribution in [1.82, 2.24) is 9.88 Å². The number of aryl methyl sites for hydroxylation is 1. The van der Waals surface area contributed by atoms with Crippen LogP contribution < -0.4 is 10.1 Å². The molecule has 1 saturated heterocycles. The van der Waals surface area contributed by atoms with E-state index in [1.54, 1.807) is 18.3 Å². The SMILES string of the molecule is Cc1cccc(Oc2ncccc2NC(=O)C(=O)N2CCCC(O)C2)c1C. The smallest absolute Gasteiger partial charge is 0.314 e. The summed E-state index contributed by atoms with van der Waals surface area (Å²) >= 11 is 0. The first-order valence-electron chi connectivity index (χ1n) is 8.93. The maximum atomic E-state index is 12.4. The van der Waals surface area contributed by atoms with E-state index in [0.29, 0.717) is 30.8 Å². The molecule has 0 radical (unpaired) electrons. The molecule has 1 aromatic heterocycles. The molecule has 0 aliphatic carbocycles. The molecule has 1 aliphatic rings. The van der Waals surface area contributed by atoms with Crippen LogP contribution in [0, 0.1) is 13.8 Å². The predicted molar refractivity (Wildman–Crippen MR) is 101 cm³/mol. The lowest BCUT2D eigenvalue weighted by atomic mass is 10.1. The van der Waals surface area contributed by atoms with E-state index in [1.165, 1.54) is 4.90 Å². The van der Waals surface area contributed by atoms with Gasteiger partial charge in [-0.05, 0) is 56.0 Å². The summed E-state index contributed by atoms with van der Waals surface area (Å²) in [5.41, 5.74) is 2.36. The molecule has 2 heterocycles. The van der Waals surface area contributed by atoms with Gasteiger partial charge in [0, 0.05) is 19.3 Å². The van der Waals surface area contributed by atoms with Gasteiger partial charge in [-0.3, -0.25) is 9.59 Å². The molecule has 1 aromatic carbocycles. The molecular weight excluding hydrogens is 346 g/mol. The van der Waals surface area contributed by atoms with E-state index in [0.717, 1.165) is 11.1 Å². The highest BCUT2D eigenvalue weighted by Gasteiger charge is 2.27. The molecule has 1 fully saturated rings. The number of rotatable bonds is 3. The minimum absolute atomic E-state index is 0.172. The Labute approximate surface area is 158 Å². The molecule has 1 unspecified atom stereocenters. The van der Waals surface area contributed by atoms with Crippen molar-refractivity contribution < 1.29 is 19.4 Å². The molecule has 2 amide bonds. The van der Waals surface area contributed by atoms with Crippen LogP contribution in [0.1, 0.15) is 24.0 Å². The fourth-order valence-electron chi connectivity index (χ4n) is 2.96. The lowest BCUT2D eigenvalue weighted by molar-refractivity contribution is -0.145. The number of ether oxygens (including phenoxy) is 1. The highest BCUT2D eigenvalue weighted by Crippen LogP contribution is 2.30. The molecule has 1 atom stereocenters. The summed E-state index contributed by atoms with van der Waals surface area (Å²) in [6, 6.07) is 8.96. The summed E-state index contributed by atoms with van der Waals surface area (Å²) in [6.07, 6.45) is 2.28. The van der Waals surface area contributed by atoms with Gasteiger partial charge in [-0.25, -0.2) is 4.98 Å². The summed E-state index contributed by atoms with van der Waals surface area (Å²) < 4.78 is 5.87. The van der Waals surface area contributed by atoms with Gasteiger partial charge in [0.05, 0.1) is 6.10 Å². The van der Waals surface area contributed by atoms with Gasteiger partial charge in [0.2, 0.25) is 5.88 Å². The molecule has 27 heavy (non-hydrogen) atoms. The highest BCUT2D eigenvalue weighted by atomic mass is 16.5. The number of aliphatic hydroxyl groups is 1. The molecule has 3 rings (SSSR count). The van der Waals surface area contributed by atoms with Crippen LogP contribution in [0.5, 0.6) is 11.6 Å². The monoisotopic (exact) mass is 369 g/mol. The Morgan fingerprint density at radius 2 is 2.07 bits per heavy atom. The summed E-state index contributed by atoms with van der Waals surface area (Å²) in [4.78, 5) is 30.3. The van der Waals surface area contributed by atoms with E-state index in [1.807, 2.05) is 32.0 Å². The molecule has 7 nitrogen and oxygen atoms in total. The Hall–Kier alpha value is -2.93. The number of hydrogen-bond acceptors (Lipinski definition) is 5. The first-order valence-corrected chi connectivity index (χ1v) is 8.93. The summed E-state index contributed by atoms with van der Waals surface area (Å²) in [7, 11) is 0. The fraction of sp³-hybridized carbons (Fsp3) is 0.350. The molecule has 2 aromatic rings. The van der Waals surface area contributed by atoms with Gasteiger partial charge in [-0.15, -0.1) is 0 Å². The molecule has 2 N–H and O–H groups in total. The minimum atomic E-state index is -0.775. The van der Waals surface area contributed by atoms with Crippen molar-refractivity contribution >= 4 is 17.5 Å². The zero-order valence-corrected chi connectivity index (χ0v) is 15.4. The number of amides is 2. The molecule has 7 heteroatoms. The maximum absolute atomic E-state index is 12.4. The number of pyridine rings is 1.